The number of ether oxygens (including phenoxy) is 1. The van der Waals surface area contributed by atoms with Crippen LogP contribution in [0.4, 0.5) is 0 Å². The van der Waals surface area contributed by atoms with E-state index in [0.717, 1.165) is 24.2 Å². The number of aliphatic hydroxyl groups excluding tert-OH is 1. The number of aromatic nitrogens is 1. The van der Waals surface area contributed by atoms with Crippen LogP contribution in [-0.4, -0.2) is 47.8 Å². The van der Waals surface area contributed by atoms with Gasteiger partial charge in [0.25, 0.3) is 0 Å². The SMILES string of the molecule is Cc1cncc(C(O)C2CN(C)CCO2)c1. The molecule has 2 rings (SSSR count). The van der Waals surface area contributed by atoms with E-state index in [0.29, 0.717) is 6.61 Å². The smallest absolute Gasteiger partial charge is 0.108 e. The highest BCUT2D eigenvalue weighted by molar-refractivity contribution is 5.20. The Hall–Kier alpha value is -0.970. The number of rotatable bonds is 2. The number of hydrogen-bond donors (Lipinski definition) is 1. The van der Waals surface area contributed by atoms with Gasteiger partial charge in [-0.05, 0) is 19.5 Å². The van der Waals surface area contributed by atoms with Crippen molar-refractivity contribution < 1.29 is 9.84 Å². The first kappa shape index (κ1) is 11.5. The lowest BCUT2D eigenvalue weighted by Gasteiger charge is -2.33. The van der Waals surface area contributed by atoms with Gasteiger partial charge in [0.1, 0.15) is 12.2 Å². The molecule has 1 aliphatic rings. The molecule has 16 heavy (non-hydrogen) atoms. The van der Waals surface area contributed by atoms with Gasteiger partial charge in [-0.3, -0.25) is 4.98 Å². The lowest BCUT2D eigenvalue weighted by Crippen LogP contribution is -2.43. The van der Waals surface area contributed by atoms with Gasteiger partial charge in [-0.2, -0.15) is 0 Å². The number of aliphatic hydroxyl groups is 1. The Morgan fingerprint density at radius 3 is 3.06 bits per heavy atom. The van der Waals surface area contributed by atoms with E-state index in [1.54, 1.807) is 12.4 Å². The first-order valence-corrected chi connectivity index (χ1v) is 5.56. The number of aryl methyl sites for hydroxylation is 1. The second-order valence-electron chi connectivity index (χ2n) is 4.41. The molecular formula is C12H18N2O2. The van der Waals surface area contributed by atoms with Crippen molar-refractivity contribution in [1.29, 1.82) is 0 Å². The minimum Gasteiger partial charge on any atom is -0.386 e. The molecule has 1 saturated heterocycles. The van der Waals surface area contributed by atoms with Gasteiger partial charge in [-0.15, -0.1) is 0 Å². The van der Waals surface area contributed by atoms with Gasteiger partial charge < -0.3 is 14.7 Å². The van der Waals surface area contributed by atoms with Crippen molar-refractivity contribution in [3.8, 4) is 0 Å². The highest BCUT2D eigenvalue weighted by atomic mass is 16.5. The van der Waals surface area contributed by atoms with Gasteiger partial charge in [0.2, 0.25) is 0 Å². The summed E-state index contributed by atoms with van der Waals surface area (Å²) in [5.74, 6) is 0. The van der Waals surface area contributed by atoms with Crippen LogP contribution < -0.4 is 0 Å². The minimum atomic E-state index is -0.588. The van der Waals surface area contributed by atoms with Gasteiger partial charge in [-0.25, -0.2) is 0 Å². The Bertz CT molecular complexity index is 357. The Balaban J connectivity index is 2.09. The van der Waals surface area contributed by atoms with Gasteiger partial charge in [0, 0.05) is 31.0 Å². The number of pyridine rings is 1. The van der Waals surface area contributed by atoms with E-state index in [-0.39, 0.29) is 6.10 Å². The van der Waals surface area contributed by atoms with Gasteiger partial charge in [-0.1, -0.05) is 6.07 Å². The summed E-state index contributed by atoms with van der Waals surface area (Å²) in [5, 5.41) is 10.2. The van der Waals surface area contributed by atoms with Crippen LogP contribution in [0, 0.1) is 6.92 Å². The molecule has 1 aromatic heterocycles. The van der Waals surface area contributed by atoms with E-state index >= 15 is 0 Å². The van der Waals surface area contributed by atoms with E-state index < -0.39 is 6.10 Å². The van der Waals surface area contributed by atoms with Crippen LogP contribution in [0.3, 0.4) is 0 Å². The molecule has 0 amide bonds. The van der Waals surface area contributed by atoms with E-state index in [2.05, 4.69) is 9.88 Å². The van der Waals surface area contributed by atoms with Crippen LogP contribution in [0.5, 0.6) is 0 Å². The first-order chi connectivity index (χ1) is 7.66. The summed E-state index contributed by atoms with van der Waals surface area (Å²) in [6, 6.07) is 1.95. The molecule has 2 heterocycles. The molecule has 1 aliphatic heterocycles. The molecule has 0 bridgehead atoms. The molecule has 1 fully saturated rings. The maximum atomic E-state index is 10.2. The molecule has 1 N–H and O–H groups in total. The lowest BCUT2D eigenvalue weighted by molar-refractivity contribution is -0.0845. The first-order valence-electron chi connectivity index (χ1n) is 5.56. The van der Waals surface area contributed by atoms with Crippen LogP contribution in [0.25, 0.3) is 0 Å². The summed E-state index contributed by atoms with van der Waals surface area (Å²) < 4.78 is 5.58. The van der Waals surface area contributed by atoms with Gasteiger partial charge in [0.05, 0.1) is 6.61 Å². The molecule has 1 aromatic rings. The zero-order valence-electron chi connectivity index (χ0n) is 9.76. The maximum Gasteiger partial charge on any atom is 0.108 e. The number of likely N-dealkylation sites (N-methyl/N-ethyl adjacent to an activating group) is 1. The maximum absolute atomic E-state index is 10.2. The molecule has 2 atom stereocenters. The Labute approximate surface area is 95.9 Å². The number of nitrogens with zero attached hydrogens (tertiary/aromatic N) is 2. The van der Waals surface area contributed by atoms with Crippen molar-refractivity contribution in [2.45, 2.75) is 19.1 Å². The zero-order valence-corrected chi connectivity index (χ0v) is 9.76. The molecule has 4 nitrogen and oxygen atoms in total. The van der Waals surface area contributed by atoms with Crippen LogP contribution >= 0.6 is 0 Å². The van der Waals surface area contributed by atoms with Crippen molar-refractivity contribution >= 4 is 0 Å². The van der Waals surface area contributed by atoms with Crippen LogP contribution in [0.15, 0.2) is 18.5 Å². The molecule has 88 valence electrons. The molecule has 0 spiro atoms. The lowest BCUT2D eigenvalue weighted by atomic mass is 10.0. The molecular weight excluding hydrogens is 204 g/mol. The Morgan fingerprint density at radius 2 is 2.38 bits per heavy atom. The normalized spacial score (nSPS) is 24.3. The molecule has 0 radical (unpaired) electrons. The summed E-state index contributed by atoms with van der Waals surface area (Å²) in [7, 11) is 2.04. The molecule has 0 saturated carbocycles. The highest BCUT2D eigenvalue weighted by Gasteiger charge is 2.26. The van der Waals surface area contributed by atoms with Crippen molar-refractivity contribution in [2.24, 2.45) is 0 Å². The number of morpholine rings is 1. The van der Waals surface area contributed by atoms with Crippen molar-refractivity contribution in [3.05, 3.63) is 29.6 Å². The van der Waals surface area contributed by atoms with Gasteiger partial charge in [0.15, 0.2) is 0 Å². The largest absolute Gasteiger partial charge is 0.386 e. The quantitative estimate of drug-likeness (QED) is 0.802. The third-order valence-electron chi connectivity index (χ3n) is 2.89. The second-order valence-corrected chi connectivity index (χ2v) is 4.41. The van der Waals surface area contributed by atoms with Crippen LogP contribution in [-0.2, 0) is 4.74 Å². The third kappa shape index (κ3) is 2.58. The zero-order chi connectivity index (χ0) is 11.5. The van der Waals surface area contributed by atoms with Gasteiger partial charge >= 0.3 is 0 Å². The van der Waals surface area contributed by atoms with E-state index in [9.17, 15) is 5.11 Å². The van der Waals surface area contributed by atoms with E-state index in [1.807, 2.05) is 20.0 Å². The Kier molecular flexibility index (Phi) is 3.53. The third-order valence-corrected chi connectivity index (χ3v) is 2.89. The fraction of sp³-hybridized carbons (Fsp3) is 0.583. The van der Waals surface area contributed by atoms with Crippen molar-refractivity contribution in [2.75, 3.05) is 26.7 Å². The van der Waals surface area contributed by atoms with Crippen molar-refractivity contribution in [3.63, 3.8) is 0 Å². The number of hydrogen-bond acceptors (Lipinski definition) is 4. The molecule has 0 aliphatic carbocycles. The summed E-state index contributed by atoms with van der Waals surface area (Å²) in [6.07, 6.45) is 2.75. The highest BCUT2D eigenvalue weighted by Crippen LogP contribution is 2.21. The summed E-state index contributed by atoms with van der Waals surface area (Å²) in [6.45, 7) is 4.33. The van der Waals surface area contributed by atoms with E-state index in [1.165, 1.54) is 0 Å². The predicted molar refractivity (Wildman–Crippen MR) is 61.2 cm³/mol. The fourth-order valence-corrected chi connectivity index (χ4v) is 1.96. The average molecular weight is 222 g/mol. The summed E-state index contributed by atoms with van der Waals surface area (Å²) in [4.78, 5) is 6.26. The fourth-order valence-electron chi connectivity index (χ4n) is 1.96. The molecule has 2 unspecified atom stereocenters. The summed E-state index contributed by atoms with van der Waals surface area (Å²) >= 11 is 0. The molecule has 4 heteroatoms. The monoisotopic (exact) mass is 222 g/mol. The minimum absolute atomic E-state index is 0.151. The topological polar surface area (TPSA) is 45.6 Å². The predicted octanol–water partition coefficient (Wildman–Crippen LogP) is 0.754. The second kappa shape index (κ2) is 4.91. The van der Waals surface area contributed by atoms with Crippen molar-refractivity contribution in [1.82, 2.24) is 9.88 Å². The summed E-state index contributed by atoms with van der Waals surface area (Å²) in [5.41, 5.74) is 1.89. The van der Waals surface area contributed by atoms with Crippen LogP contribution in [0.1, 0.15) is 17.2 Å². The average Bonchev–Trinajstić information content (AvgIpc) is 2.28. The van der Waals surface area contributed by atoms with Crippen LogP contribution in [0.2, 0.25) is 0 Å². The molecule has 0 aromatic carbocycles. The standard InChI is InChI=1S/C12H18N2O2/c1-9-5-10(7-13-6-9)12(15)11-8-14(2)3-4-16-11/h5-7,11-12,15H,3-4,8H2,1-2H3. The Morgan fingerprint density at radius 1 is 1.56 bits per heavy atom. The van der Waals surface area contributed by atoms with E-state index in [4.69, 9.17) is 4.74 Å².